The van der Waals surface area contributed by atoms with Gasteiger partial charge in [-0.15, -0.1) is 11.3 Å². The Bertz CT molecular complexity index is 1140. The van der Waals surface area contributed by atoms with Gasteiger partial charge in [0, 0.05) is 30.6 Å². The summed E-state index contributed by atoms with van der Waals surface area (Å²) in [5.41, 5.74) is 5.60. The van der Waals surface area contributed by atoms with E-state index in [1.54, 1.807) is 30.4 Å². The molecule has 7 nitrogen and oxygen atoms in total. The van der Waals surface area contributed by atoms with Crippen LogP contribution in [0.25, 0.3) is 10.4 Å². The molecule has 2 amide bonds. The molecule has 1 aliphatic rings. The second kappa shape index (κ2) is 9.10. The average Bonchev–Trinajstić information content (AvgIpc) is 3.39. The van der Waals surface area contributed by atoms with Gasteiger partial charge < -0.3 is 20.4 Å². The molecular weight excluding hydrogens is 426 g/mol. The fourth-order valence-corrected chi connectivity index (χ4v) is 4.77. The van der Waals surface area contributed by atoms with Crippen LogP contribution in [0.5, 0.6) is 5.75 Å². The first-order chi connectivity index (χ1) is 15.3. The number of benzene rings is 2. The Labute approximate surface area is 190 Å². The van der Waals surface area contributed by atoms with E-state index in [-0.39, 0.29) is 30.5 Å². The predicted octanol–water partition coefficient (Wildman–Crippen LogP) is 3.02. The fourth-order valence-electron chi connectivity index (χ4n) is 3.96. The molecule has 0 radical (unpaired) electrons. The third kappa shape index (κ3) is 4.37. The SMILES string of the molecule is Cc1ncsc1-c1ccc(CNC(=O)C2CC(O)CN2C(=O)c2cccc(O)c2C)cc1. The molecule has 3 aromatic rings. The Balaban J connectivity index is 1.43. The van der Waals surface area contributed by atoms with Gasteiger partial charge in [-0.25, -0.2) is 4.98 Å². The van der Waals surface area contributed by atoms with E-state index in [0.29, 0.717) is 17.7 Å². The number of hydrogen-bond donors (Lipinski definition) is 3. The van der Waals surface area contributed by atoms with Crippen molar-refractivity contribution < 1.29 is 19.8 Å². The van der Waals surface area contributed by atoms with E-state index in [0.717, 1.165) is 21.7 Å². The minimum Gasteiger partial charge on any atom is -0.508 e. The number of rotatable bonds is 5. The van der Waals surface area contributed by atoms with Gasteiger partial charge >= 0.3 is 0 Å². The molecule has 0 bridgehead atoms. The van der Waals surface area contributed by atoms with Crippen LogP contribution in [0.3, 0.4) is 0 Å². The van der Waals surface area contributed by atoms with Crippen molar-refractivity contribution in [3.63, 3.8) is 0 Å². The number of likely N-dealkylation sites (tertiary alicyclic amines) is 1. The molecule has 0 saturated carbocycles. The molecule has 2 heterocycles. The van der Waals surface area contributed by atoms with Crippen LogP contribution in [-0.2, 0) is 11.3 Å². The monoisotopic (exact) mass is 451 g/mol. The van der Waals surface area contributed by atoms with E-state index in [2.05, 4.69) is 10.3 Å². The fraction of sp³-hybridized carbons (Fsp3) is 0.292. The van der Waals surface area contributed by atoms with Crippen LogP contribution in [-0.4, -0.2) is 50.6 Å². The molecule has 1 aromatic heterocycles. The highest BCUT2D eigenvalue weighted by atomic mass is 32.1. The largest absolute Gasteiger partial charge is 0.508 e. The zero-order valence-corrected chi connectivity index (χ0v) is 18.7. The molecule has 0 spiro atoms. The first-order valence-corrected chi connectivity index (χ1v) is 11.3. The van der Waals surface area contributed by atoms with Gasteiger partial charge in [-0.2, -0.15) is 0 Å². The van der Waals surface area contributed by atoms with Crippen LogP contribution in [0.2, 0.25) is 0 Å². The quantitative estimate of drug-likeness (QED) is 0.553. The van der Waals surface area contributed by atoms with Crippen molar-refractivity contribution >= 4 is 23.2 Å². The van der Waals surface area contributed by atoms with E-state index >= 15 is 0 Å². The maximum Gasteiger partial charge on any atom is 0.255 e. The summed E-state index contributed by atoms with van der Waals surface area (Å²) in [4.78, 5) is 32.7. The Morgan fingerprint density at radius 2 is 1.94 bits per heavy atom. The highest BCUT2D eigenvalue weighted by Crippen LogP contribution is 2.28. The van der Waals surface area contributed by atoms with Crippen molar-refractivity contribution in [2.24, 2.45) is 0 Å². The van der Waals surface area contributed by atoms with Crippen LogP contribution >= 0.6 is 11.3 Å². The lowest BCUT2D eigenvalue weighted by Gasteiger charge is -2.24. The van der Waals surface area contributed by atoms with E-state index in [9.17, 15) is 19.8 Å². The normalized spacial score (nSPS) is 18.0. The molecule has 3 N–H and O–H groups in total. The molecule has 1 fully saturated rings. The number of aromatic nitrogens is 1. The number of phenols is 1. The van der Waals surface area contributed by atoms with Crippen molar-refractivity contribution in [1.82, 2.24) is 15.2 Å². The molecule has 2 aromatic carbocycles. The zero-order chi connectivity index (χ0) is 22.8. The van der Waals surface area contributed by atoms with Gasteiger partial charge in [0.05, 0.1) is 22.2 Å². The number of aliphatic hydroxyl groups excluding tert-OH is 1. The summed E-state index contributed by atoms with van der Waals surface area (Å²) in [6.07, 6.45) is -0.590. The number of nitrogens with one attached hydrogen (secondary N) is 1. The number of aromatic hydroxyl groups is 1. The maximum absolute atomic E-state index is 13.1. The van der Waals surface area contributed by atoms with Crippen molar-refractivity contribution in [3.8, 4) is 16.2 Å². The summed E-state index contributed by atoms with van der Waals surface area (Å²) >= 11 is 1.59. The van der Waals surface area contributed by atoms with Crippen molar-refractivity contribution in [3.05, 3.63) is 70.4 Å². The average molecular weight is 452 g/mol. The summed E-state index contributed by atoms with van der Waals surface area (Å²) < 4.78 is 0. The highest BCUT2D eigenvalue weighted by molar-refractivity contribution is 7.13. The number of carbonyl (C=O) groups excluding carboxylic acids is 2. The molecule has 166 valence electrons. The summed E-state index contributed by atoms with van der Waals surface area (Å²) in [7, 11) is 0. The summed E-state index contributed by atoms with van der Waals surface area (Å²) in [5, 5.41) is 22.9. The summed E-state index contributed by atoms with van der Waals surface area (Å²) in [6.45, 7) is 4.03. The van der Waals surface area contributed by atoms with E-state index in [1.165, 1.54) is 11.0 Å². The van der Waals surface area contributed by atoms with E-state index in [1.807, 2.05) is 36.7 Å². The van der Waals surface area contributed by atoms with Crippen LogP contribution in [0, 0.1) is 13.8 Å². The highest BCUT2D eigenvalue weighted by Gasteiger charge is 2.39. The second-order valence-corrected chi connectivity index (χ2v) is 8.85. The van der Waals surface area contributed by atoms with Gasteiger partial charge in [-0.05, 0) is 37.1 Å². The van der Waals surface area contributed by atoms with Crippen LogP contribution in [0.4, 0.5) is 0 Å². The molecule has 0 aliphatic carbocycles. The van der Waals surface area contributed by atoms with Crippen LogP contribution < -0.4 is 5.32 Å². The lowest BCUT2D eigenvalue weighted by Crippen LogP contribution is -2.45. The predicted molar refractivity (Wildman–Crippen MR) is 122 cm³/mol. The Morgan fingerprint density at radius 3 is 2.62 bits per heavy atom. The standard InChI is InChI=1S/C24H25N3O4S/c1-14-19(4-3-5-21(14)29)24(31)27-12-18(28)10-20(27)23(30)25-11-16-6-8-17(9-7-16)22-15(2)26-13-32-22/h3-9,13,18,20,28-29H,10-12H2,1-2H3,(H,25,30). The Hall–Kier alpha value is -3.23. The summed E-state index contributed by atoms with van der Waals surface area (Å²) in [5.74, 6) is -0.664. The van der Waals surface area contributed by atoms with Gasteiger partial charge in [0.1, 0.15) is 11.8 Å². The molecule has 32 heavy (non-hydrogen) atoms. The third-order valence-corrected chi connectivity index (χ3v) is 6.78. The molecule has 1 saturated heterocycles. The van der Waals surface area contributed by atoms with Gasteiger partial charge in [0.25, 0.3) is 5.91 Å². The maximum atomic E-state index is 13.1. The number of β-amino-alcohol motifs (C(OH)–C–C–N with tert-alkyl or cyclic N) is 1. The van der Waals surface area contributed by atoms with Gasteiger partial charge in [0.2, 0.25) is 5.91 Å². The molecule has 2 atom stereocenters. The zero-order valence-electron chi connectivity index (χ0n) is 17.9. The lowest BCUT2D eigenvalue weighted by atomic mass is 10.1. The molecule has 2 unspecified atom stereocenters. The van der Waals surface area contributed by atoms with Gasteiger partial charge in [0.15, 0.2) is 0 Å². The number of aryl methyl sites for hydroxylation is 1. The number of aliphatic hydroxyl groups is 1. The van der Waals surface area contributed by atoms with Gasteiger partial charge in [-0.1, -0.05) is 30.3 Å². The van der Waals surface area contributed by atoms with Crippen molar-refractivity contribution in [2.75, 3.05) is 6.54 Å². The molecule has 4 rings (SSSR count). The molecule has 8 heteroatoms. The van der Waals surface area contributed by atoms with Crippen molar-refractivity contribution in [2.45, 2.75) is 39.0 Å². The minimum atomic E-state index is -0.769. The third-order valence-electron chi connectivity index (χ3n) is 5.81. The number of hydrogen-bond acceptors (Lipinski definition) is 6. The van der Waals surface area contributed by atoms with E-state index in [4.69, 9.17) is 0 Å². The van der Waals surface area contributed by atoms with E-state index < -0.39 is 12.1 Å². The molecule has 1 aliphatic heterocycles. The van der Waals surface area contributed by atoms with Gasteiger partial charge in [-0.3, -0.25) is 9.59 Å². The molecular formula is C24H25N3O4S. The van der Waals surface area contributed by atoms with Crippen LogP contribution in [0.1, 0.15) is 33.6 Å². The first kappa shape index (κ1) is 22.0. The Kier molecular flexibility index (Phi) is 6.25. The number of thiazole rings is 1. The lowest BCUT2D eigenvalue weighted by molar-refractivity contribution is -0.125. The number of phenolic OH excluding ortho intramolecular Hbond substituents is 1. The second-order valence-electron chi connectivity index (χ2n) is 7.99. The number of amides is 2. The number of nitrogens with zero attached hydrogens (tertiary/aromatic N) is 2. The summed E-state index contributed by atoms with van der Waals surface area (Å²) in [6, 6.07) is 11.9. The van der Waals surface area contributed by atoms with Crippen molar-refractivity contribution in [1.29, 1.82) is 0 Å². The smallest absolute Gasteiger partial charge is 0.255 e. The number of carbonyl (C=O) groups is 2. The first-order valence-electron chi connectivity index (χ1n) is 10.4. The Morgan fingerprint density at radius 1 is 1.19 bits per heavy atom. The van der Waals surface area contributed by atoms with Crippen LogP contribution in [0.15, 0.2) is 48.0 Å². The minimum absolute atomic E-state index is 0.0218. The topological polar surface area (TPSA) is 103 Å².